The summed E-state index contributed by atoms with van der Waals surface area (Å²) >= 11 is 0. The molecule has 4 atom stereocenters. The van der Waals surface area contributed by atoms with Gasteiger partial charge in [0.05, 0.1) is 12.7 Å². The predicted octanol–water partition coefficient (Wildman–Crippen LogP) is 1.73. The van der Waals surface area contributed by atoms with Crippen LogP contribution in [0, 0.1) is 11.8 Å². The lowest BCUT2D eigenvalue weighted by atomic mass is 9.78. The molecule has 0 radical (unpaired) electrons. The molecule has 0 aromatic carbocycles. The first-order valence-electron chi connectivity index (χ1n) is 7.20. The summed E-state index contributed by atoms with van der Waals surface area (Å²) in [7, 11) is 2.12. The lowest BCUT2D eigenvalue weighted by Gasteiger charge is -2.40. The molecule has 1 aliphatic carbocycles. The van der Waals surface area contributed by atoms with Crippen LogP contribution in [-0.4, -0.2) is 50.3 Å². The normalized spacial score (nSPS) is 40.4. The molecule has 2 rings (SSSR count). The second-order valence-corrected chi connectivity index (χ2v) is 6.01. The van der Waals surface area contributed by atoms with Gasteiger partial charge in [-0.25, -0.2) is 0 Å². The van der Waals surface area contributed by atoms with Crippen LogP contribution in [0.5, 0.6) is 0 Å². The molecule has 0 aromatic rings. The molecule has 2 aliphatic rings. The largest absolute Gasteiger partial charge is 0.376 e. The van der Waals surface area contributed by atoms with Crippen LogP contribution < -0.4 is 5.32 Å². The van der Waals surface area contributed by atoms with Crippen LogP contribution in [0.25, 0.3) is 0 Å². The van der Waals surface area contributed by atoms with Gasteiger partial charge in [-0.15, -0.1) is 0 Å². The Labute approximate surface area is 106 Å². The fourth-order valence-corrected chi connectivity index (χ4v) is 3.47. The van der Waals surface area contributed by atoms with Gasteiger partial charge in [0.1, 0.15) is 0 Å². The van der Waals surface area contributed by atoms with Crippen LogP contribution in [0.4, 0.5) is 0 Å². The van der Waals surface area contributed by atoms with Crippen molar-refractivity contribution in [3.05, 3.63) is 0 Å². The maximum absolute atomic E-state index is 5.61. The number of ether oxygens (including phenoxy) is 1. The minimum atomic E-state index is 0.415. The van der Waals surface area contributed by atoms with Gasteiger partial charge in [0, 0.05) is 25.7 Å². The van der Waals surface area contributed by atoms with Crippen molar-refractivity contribution in [2.24, 2.45) is 11.8 Å². The minimum absolute atomic E-state index is 0.415. The van der Waals surface area contributed by atoms with E-state index in [-0.39, 0.29) is 0 Å². The standard InChI is InChI=1S/C14H28N2O/c1-11-4-5-14(15-3)13(8-11)10-16-6-7-17-12(2)9-16/h11-15H,4-10H2,1-3H3. The summed E-state index contributed by atoms with van der Waals surface area (Å²) in [5, 5.41) is 3.52. The van der Waals surface area contributed by atoms with Gasteiger partial charge in [-0.2, -0.15) is 0 Å². The van der Waals surface area contributed by atoms with E-state index < -0.39 is 0 Å². The quantitative estimate of drug-likeness (QED) is 0.813. The summed E-state index contributed by atoms with van der Waals surface area (Å²) in [6, 6.07) is 0.726. The smallest absolute Gasteiger partial charge is 0.0674 e. The zero-order chi connectivity index (χ0) is 12.3. The lowest BCUT2D eigenvalue weighted by molar-refractivity contribution is -0.0275. The molecule has 3 nitrogen and oxygen atoms in total. The van der Waals surface area contributed by atoms with Crippen molar-refractivity contribution in [2.75, 3.05) is 33.3 Å². The molecule has 1 heterocycles. The topological polar surface area (TPSA) is 24.5 Å². The van der Waals surface area contributed by atoms with Crippen LogP contribution in [0.2, 0.25) is 0 Å². The zero-order valence-electron chi connectivity index (χ0n) is 11.6. The Morgan fingerprint density at radius 3 is 2.82 bits per heavy atom. The SMILES string of the molecule is CNC1CCC(C)CC1CN1CCOC(C)C1. The molecule has 2 fully saturated rings. The minimum Gasteiger partial charge on any atom is -0.376 e. The van der Waals surface area contributed by atoms with Gasteiger partial charge in [-0.3, -0.25) is 4.90 Å². The highest BCUT2D eigenvalue weighted by Gasteiger charge is 2.30. The van der Waals surface area contributed by atoms with E-state index in [4.69, 9.17) is 4.74 Å². The molecule has 3 heteroatoms. The van der Waals surface area contributed by atoms with E-state index in [1.54, 1.807) is 0 Å². The average Bonchev–Trinajstić information content (AvgIpc) is 2.29. The maximum atomic E-state index is 5.61. The summed E-state index contributed by atoms with van der Waals surface area (Å²) < 4.78 is 5.61. The van der Waals surface area contributed by atoms with Crippen molar-refractivity contribution in [2.45, 2.75) is 45.3 Å². The Balaban J connectivity index is 1.86. The number of morpholine rings is 1. The first kappa shape index (κ1) is 13.3. The second kappa shape index (κ2) is 6.17. The third-order valence-corrected chi connectivity index (χ3v) is 4.43. The summed E-state index contributed by atoms with van der Waals surface area (Å²) in [6.45, 7) is 8.98. The Kier molecular flexibility index (Phi) is 4.83. The third kappa shape index (κ3) is 3.67. The van der Waals surface area contributed by atoms with E-state index in [9.17, 15) is 0 Å². The Morgan fingerprint density at radius 2 is 2.12 bits per heavy atom. The number of nitrogens with zero attached hydrogens (tertiary/aromatic N) is 1. The average molecular weight is 240 g/mol. The molecule has 1 N–H and O–H groups in total. The molecule has 100 valence electrons. The first-order valence-corrected chi connectivity index (χ1v) is 7.20. The molecule has 1 saturated carbocycles. The van der Waals surface area contributed by atoms with Crippen LogP contribution in [0.3, 0.4) is 0 Å². The van der Waals surface area contributed by atoms with Crippen LogP contribution in [0.1, 0.15) is 33.1 Å². The molecule has 0 amide bonds. The van der Waals surface area contributed by atoms with E-state index in [0.29, 0.717) is 6.10 Å². The van der Waals surface area contributed by atoms with Gasteiger partial charge in [0.25, 0.3) is 0 Å². The molecule has 4 unspecified atom stereocenters. The molecule has 0 spiro atoms. The first-order chi connectivity index (χ1) is 8.19. The summed E-state index contributed by atoms with van der Waals surface area (Å²) in [6.07, 6.45) is 4.54. The number of hydrogen-bond donors (Lipinski definition) is 1. The predicted molar refractivity (Wildman–Crippen MR) is 71.2 cm³/mol. The molecular formula is C14H28N2O. The molecule has 0 aromatic heterocycles. The van der Waals surface area contributed by atoms with Crippen molar-refractivity contribution in [3.8, 4) is 0 Å². The highest BCUT2D eigenvalue weighted by molar-refractivity contribution is 4.85. The van der Waals surface area contributed by atoms with Crippen molar-refractivity contribution in [1.82, 2.24) is 10.2 Å². The van der Waals surface area contributed by atoms with Crippen LogP contribution in [0.15, 0.2) is 0 Å². The number of hydrogen-bond acceptors (Lipinski definition) is 3. The number of nitrogens with one attached hydrogen (secondary N) is 1. The fourth-order valence-electron chi connectivity index (χ4n) is 3.47. The van der Waals surface area contributed by atoms with E-state index in [2.05, 4.69) is 31.1 Å². The van der Waals surface area contributed by atoms with Crippen molar-refractivity contribution < 1.29 is 4.74 Å². The van der Waals surface area contributed by atoms with Gasteiger partial charge in [0.2, 0.25) is 0 Å². The molecule has 0 bridgehead atoms. The highest BCUT2D eigenvalue weighted by atomic mass is 16.5. The highest BCUT2D eigenvalue weighted by Crippen LogP contribution is 2.29. The lowest BCUT2D eigenvalue weighted by Crippen LogP contribution is -2.48. The summed E-state index contributed by atoms with van der Waals surface area (Å²) in [5.41, 5.74) is 0. The van der Waals surface area contributed by atoms with E-state index in [0.717, 1.165) is 37.6 Å². The van der Waals surface area contributed by atoms with Gasteiger partial charge >= 0.3 is 0 Å². The van der Waals surface area contributed by atoms with E-state index >= 15 is 0 Å². The second-order valence-electron chi connectivity index (χ2n) is 6.01. The van der Waals surface area contributed by atoms with Crippen molar-refractivity contribution in [3.63, 3.8) is 0 Å². The Hall–Kier alpha value is -0.120. The van der Waals surface area contributed by atoms with E-state index in [1.807, 2.05) is 0 Å². The van der Waals surface area contributed by atoms with Gasteiger partial charge < -0.3 is 10.1 Å². The zero-order valence-corrected chi connectivity index (χ0v) is 11.6. The monoisotopic (exact) mass is 240 g/mol. The van der Waals surface area contributed by atoms with Crippen molar-refractivity contribution >= 4 is 0 Å². The third-order valence-electron chi connectivity index (χ3n) is 4.43. The summed E-state index contributed by atoms with van der Waals surface area (Å²) in [5.74, 6) is 1.73. The molecular weight excluding hydrogens is 212 g/mol. The molecule has 1 aliphatic heterocycles. The summed E-state index contributed by atoms with van der Waals surface area (Å²) in [4.78, 5) is 2.60. The maximum Gasteiger partial charge on any atom is 0.0674 e. The molecule has 17 heavy (non-hydrogen) atoms. The number of rotatable bonds is 3. The van der Waals surface area contributed by atoms with E-state index in [1.165, 1.54) is 25.8 Å². The van der Waals surface area contributed by atoms with Gasteiger partial charge in [-0.1, -0.05) is 6.92 Å². The fraction of sp³-hybridized carbons (Fsp3) is 1.00. The molecule has 1 saturated heterocycles. The Bertz CT molecular complexity index is 234. The van der Waals surface area contributed by atoms with Gasteiger partial charge in [0.15, 0.2) is 0 Å². The van der Waals surface area contributed by atoms with Crippen LogP contribution in [-0.2, 0) is 4.74 Å². The van der Waals surface area contributed by atoms with Crippen LogP contribution >= 0.6 is 0 Å². The van der Waals surface area contributed by atoms with Gasteiger partial charge in [-0.05, 0) is 45.1 Å². The van der Waals surface area contributed by atoms with Crippen molar-refractivity contribution in [1.29, 1.82) is 0 Å². The Morgan fingerprint density at radius 1 is 1.29 bits per heavy atom.